The highest BCUT2D eigenvalue weighted by atomic mass is 35.5. The van der Waals surface area contributed by atoms with Crippen LogP contribution >= 0.6 is 11.6 Å². The molecule has 0 amide bonds. The molecular formula is C15H13ClF2O2. The molecule has 106 valence electrons. The maximum Gasteiger partial charge on any atom is 0.159 e. The monoisotopic (exact) mass is 298 g/mol. The average Bonchev–Trinajstić information content (AvgIpc) is 2.42. The second kappa shape index (κ2) is 6.20. The second-order valence-electron chi connectivity index (χ2n) is 4.32. The number of methoxy groups -OCH3 is 1. The zero-order chi connectivity index (χ0) is 14.7. The van der Waals surface area contributed by atoms with E-state index in [0.717, 1.165) is 12.1 Å². The number of benzene rings is 2. The molecule has 1 N–H and O–H groups in total. The molecule has 0 radical (unpaired) electrons. The van der Waals surface area contributed by atoms with E-state index in [1.54, 1.807) is 18.2 Å². The van der Waals surface area contributed by atoms with E-state index < -0.39 is 17.7 Å². The number of aliphatic hydroxyl groups excluding tert-OH is 1. The van der Waals surface area contributed by atoms with Gasteiger partial charge in [0.05, 0.1) is 18.2 Å². The van der Waals surface area contributed by atoms with Gasteiger partial charge >= 0.3 is 0 Å². The van der Waals surface area contributed by atoms with Crippen LogP contribution in [-0.4, -0.2) is 12.2 Å². The highest BCUT2D eigenvalue weighted by molar-refractivity contribution is 6.31. The van der Waals surface area contributed by atoms with Crippen molar-refractivity contribution in [3.8, 4) is 5.75 Å². The number of aliphatic hydroxyl groups is 1. The van der Waals surface area contributed by atoms with Gasteiger partial charge < -0.3 is 9.84 Å². The lowest BCUT2D eigenvalue weighted by atomic mass is 10.0. The quantitative estimate of drug-likeness (QED) is 0.927. The number of hydrogen-bond acceptors (Lipinski definition) is 2. The Morgan fingerprint density at radius 2 is 1.95 bits per heavy atom. The van der Waals surface area contributed by atoms with Crippen molar-refractivity contribution < 1.29 is 18.6 Å². The van der Waals surface area contributed by atoms with Gasteiger partial charge in [0.25, 0.3) is 0 Å². The molecule has 0 saturated carbocycles. The van der Waals surface area contributed by atoms with Crippen LogP contribution < -0.4 is 4.74 Å². The van der Waals surface area contributed by atoms with Crippen LogP contribution in [0.5, 0.6) is 5.75 Å². The lowest BCUT2D eigenvalue weighted by molar-refractivity contribution is 0.174. The predicted octanol–water partition coefficient (Wildman–Crippen LogP) is 3.90. The largest absolute Gasteiger partial charge is 0.496 e. The fraction of sp³-hybridized carbons (Fsp3) is 0.200. The van der Waals surface area contributed by atoms with Crippen LogP contribution in [0.2, 0.25) is 5.02 Å². The first kappa shape index (κ1) is 14.8. The van der Waals surface area contributed by atoms with E-state index in [9.17, 15) is 13.9 Å². The number of hydrogen-bond donors (Lipinski definition) is 1. The molecule has 0 aliphatic rings. The summed E-state index contributed by atoms with van der Waals surface area (Å²) in [5.74, 6) is -1.41. The van der Waals surface area contributed by atoms with E-state index in [-0.39, 0.29) is 6.42 Å². The highest BCUT2D eigenvalue weighted by Gasteiger charge is 2.18. The van der Waals surface area contributed by atoms with E-state index in [4.69, 9.17) is 16.3 Å². The Morgan fingerprint density at radius 1 is 1.20 bits per heavy atom. The van der Waals surface area contributed by atoms with Crippen molar-refractivity contribution in [3.05, 3.63) is 64.2 Å². The summed E-state index contributed by atoms with van der Waals surface area (Å²) in [6, 6.07) is 8.52. The van der Waals surface area contributed by atoms with Gasteiger partial charge in [-0.15, -0.1) is 0 Å². The van der Waals surface area contributed by atoms with Crippen molar-refractivity contribution in [1.29, 1.82) is 0 Å². The van der Waals surface area contributed by atoms with Gasteiger partial charge in [-0.3, -0.25) is 0 Å². The summed E-state index contributed by atoms with van der Waals surface area (Å²) in [7, 11) is 1.47. The normalized spacial score (nSPS) is 12.2. The van der Waals surface area contributed by atoms with Gasteiger partial charge in [-0.2, -0.15) is 0 Å². The van der Waals surface area contributed by atoms with Gasteiger partial charge in [-0.1, -0.05) is 23.7 Å². The molecule has 0 spiro atoms. The topological polar surface area (TPSA) is 29.5 Å². The minimum atomic E-state index is -0.969. The first-order valence-electron chi connectivity index (χ1n) is 5.97. The fourth-order valence-electron chi connectivity index (χ4n) is 2.01. The molecule has 0 fully saturated rings. The smallest absolute Gasteiger partial charge is 0.159 e. The van der Waals surface area contributed by atoms with E-state index in [1.807, 2.05) is 0 Å². The molecule has 2 rings (SSSR count). The van der Waals surface area contributed by atoms with Gasteiger partial charge in [0.1, 0.15) is 5.75 Å². The molecule has 1 unspecified atom stereocenters. The molecule has 0 aromatic heterocycles. The van der Waals surface area contributed by atoms with Crippen LogP contribution in [0.3, 0.4) is 0 Å². The van der Waals surface area contributed by atoms with Crippen LogP contribution in [0.4, 0.5) is 8.78 Å². The maximum absolute atomic E-state index is 13.1. The summed E-state index contributed by atoms with van der Waals surface area (Å²) < 4.78 is 31.2. The van der Waals surface area contributed by atoms with Crippen LogP contribution in [0.15, 0.2) is 36.4 Å². The molecule has 1 atom stereocenters. The van der Waals surface area contributed by atoms with Crippen LogP contribution in [0.25, 0.3) is 0 Å². The van der Waals surface area contributed by atoms with Gasteiger partial charge in [-0.25, -0.2) is 8.78 Å². The zero-order valence-electron chi connectivity index (χ0n) is 10.7. The molecule has 0 heterocycles. The van der Waals surface area contributed by atoms with Crippen molar-refractivity contribution in [1.82, 2.24) is 0 Å². The number of ether oxygens (including phenoxy) is 1. The second-order valence-corrected chi connectivity index (χ2v) is 4.73. The Morgan fingerprint density at radius 3 is 2.60 bits per heavy atom. The predicted molar refractivity (Wildman–Crippen MR) is 73.0 cm³/mol. The van der Waals surface area contributed by atoms with Gasteiger partial charge in [0.2, 0.25) is 0 Å². The fourth-order valence-corrected chi connectivity index (χ4v) is 2.30. The minimum Gasteiger partial charge on any atom is -0.496 e. The van der Waals surface area contributed by atoms with E-state index in [1.165, 1.54) is 13.2 Å². The highest BCUT2D eigenvalue weighted by Crippen LogP contribution is 2.33. The van der Waals surface area contributed by atoms with Gasteiger partial charge in [0.15, 0.2) is 11.6 Å². The Bertz CT molecular complexity index is 617. The van der Waals surface area contributed by atoms with E-state index in [0.29, 0.717) is 21.9 Å². The van der Waals surface area contributed by atoms with Crippen LogP contribution in [0.1, 0.15) is 17.2 Å². The van der Waals surface area contributed by atoms with Crippen molar-refractivity contribution in [3.63, 3.8) is 0 Å². The molecule has 0 aliphatic heterocycles. The van der Waals surface area contributed by atoms with Crippen molar-refractivity contribution in [2.45, 2.75) is 12.5 Å². The zero-order valence-corrected chi connectivity index (χ0v) is 11.5. The first-order valence-corrected chi connectivity index (χ1v) is 6.35. The standard InChI is InChI=1S/C15H13ClF2O2/c1-20-14-4-2-3-10(16)15(14)13(19)8-9-5-6-11(17)12(18)7-9/h2-7,13,19H,8H2,1H3. The SMILES string of the molecule is COc1cccc(Cl)c1C(O)Cc1ccc(F)c(F)c1. The Labute approximate surface area is 120 Å². The molecule has 0 saturated heterocycles. The first-order chi connectivity index (χ1) is 9.52. The van der Waals surface area contributed by atoms with Gasteiger partial charge in [0, 0.05) is 12.0 Å². The van der Waals surface area contributed by atoms with Crippen molar-refractivity contribution >= 4 is 11.6 Å². The van der Waals surface area contributed by atoms with E-state index in [2.05, 4.69) is 0 Å². The molecule has 2 aromatic carbocycles. The molecule has 20 heavy (non-hydrogen) atoms. The summed E-state index contributed by atoms with van der Waals surface area (Å²) in [5, 5.41) is 10.6. The number of halogens is 3. The molecule has 2 aromatic rings. The third kappa shape index (κ3) is 3.08. The Balaban J connectivity index is 2.28. The lowest BCUT2D eigenvalue weighted by Crippen LogP contribution is -2.05. The Kier molecular flexibility index (Phi) is 4.57. The molecule has 5 heteroatoms. The summed E-state index contributed by atoms with van der Waals surface area (Å²) in [6.45, 7) is 0. The summed E-state index contributed by atoms with van der Waals surface area (Å²) in [4.78, 5) is 0. The molecule has 2 nitrogen and oxygen atoms in total. The third-order valence-electron chi connectivity index (χ3n) is 2.98. The molecule has 0 aliphatic carbocycles. The minimum absolute atomic E-state index is 0.108. The van der Waals surface area contributed by atoms with Crippen LogP contribution in [-0.2, 0) is 6.42 Å². The molecular weight excluding hydrogens is 286 g/mol. The summed E-state index contributed by atoms with van der Waals surface area (Å²) >= 11 is 6.05. The summed E-state index contributed by atoms with van der Waals surface area (Å²) in [5.41, 5.74) is 0.903. The van der Waals surface area contributed by atoms with Crippen LogP contribution in [0, 0.1) is 11.6 Å². The summed E-state index contributed by atoms with van der Waals surface area (Å²) in [6.07, 6.45) is -0.861. The Hall–Kier alpha value is -1.65. The molecule has 0 bridgehead atoms. The van der Waals surface area contributed by atoms with Crippen molar-refractivity contribution in [2.75, 3.05) is 7.11 Å². The van der Waals surface area contributed by atoms with Gasteiger partial charge in [-0.05, 0) is 29.8 Å². The maximum atomic E-state index is 13.1. The van der Waals surface area contributed by atoms with Crippen molar-refractivity contribution in [2.24, 2.45) is 0 Å². The third-order valence-corrected chi connectivity index (χ3v) is 3.31. The average molecular weight is 299 g/mol. The lowest BCUT2D eigenvalue weighted by Gasteiger charge is -2.16. The van der Waals surface area contributed by atoms with E-state index >= 15 is 0 Å². The number of rotatable bonds is 4.